The number of fused-ring (bicyclic) bond motifs is 3. The smallest absolute Gasteiger partial charge is 0.271 e. The summed E-state index contributed by atoms with van der Waals surface area (Å²) in [5, 5.41) is 3.97. The van der Waals surface area contributed by atoms with E-state index in [0.717, 1.165) is 59.0 Å². The molecule has 5 rings (SSSR count). The summed E-state index contributed by atoms with van der Waals surface area (Å²) < 4.78 is 2.00. The molecule has 9 heteroatoms. The summed E-state index contributed by atoms with van der Waals surface area (Å²) in [6, 6.07) is 0.792. The number of aromatic amines is 1. The van der Waals surface area contributed by atoms with Crippen molar-refractivity contribution in [2.45, 2.75) is 58.2 Å². The van der Waals surface area contributed by atoms with Gasteiger partial charge in [0.05, 0.1) is 11.7 Å². The summed E-state index contributed by atoms with van der Waals surface area (Å²) in [6.07, 6.45) is 6.06. The Hall–Kier alpha value is -2.68. The van der Waals surface area contributed by atoms with Gasteiger partial charge in [-0.1, -0.05) is 0 Å². The molecule has 2 aliphatic rings. The van der Waals surface area contributed by atoms with Gasteiger partial charge >= 0.3 is 0 Å². The molecule has 3 heterocycles. The fraction of sp³-hybridized carbons (Fsp3) is 0.474. The highest BCUT2D eigenvalue weighted by molar-refractivity contribution is 7.80. The molecule has 0 aliphatic heterocycles. The number of pyridine rings is 1. The lowest BCUT2D eigenvalue weighted by molar-refractivity contribution is 0.0718. The zero-order chi connectivity index (χ0) is 19.6. The lowest BCUT2D eigenvalue weighted by Crippen LogP contribution is -2.36. The van der Waals surface area contributed by atoms with E-state index in [4.69, 9.17) is 22.9 Å². The van der Waals surface area contributed by atoms with Crippen LogP contribution in [0.4, 0.5) is 5.82 Å². The minimum atomic E-state index is 0.120. The van der Waals surface area contributed by atoms with Crippen LogP contribution in [-0.2, 0) is 6.54 Å². The second-order valence-corrected chi connectivity index (χ2v) is 8.11. The molecule has 3 aromatic rings. The first kappa shape index (κ1) is 17.4. The Morgan fingerprint density at radius 1 is 1.39 bits per heavy atom. The number of thiocarbonyl (C=S) groups is 1. The van der Waals surface area contributed by atoms with Crippen LogP contribution in [0.1, 0.15) is 48.7 Å². The number of nitrogens with one attached hydrogen (secondary N) is 2. The van der Waals surface area contributed by atoms with Crippen LogP contribution in [0.15, 0.2) is 6.33 Å². The maximum Gasteiger partial charge on any atom is 0.271 e. The molecular formula is C19H23N7OS. The zero-order valence-corrected chi connectivity index (χ0v) is 16.8. The number of carbonyl (C=O) groups is 1. The van der Waals surface area contributed by atoms with E-state index in [1.165, 1.54) is 0 Å². The molecule has 146 valence electrons. The van der Waals surface area contributed by atoms with Gasteiger partial charge in [-0.05, 0) is 57.3 Å². The number of hydrogen-bond acceptors (Lipinski definition) is 4. The van der Waals surface area contributed by atoms with Crippen molar-refractivity contribution in [2.75, 3.05) is 5.32 Å². The van der Waals surface area contributed by atoms with Crippen LogP contribution in [0.25, 0.3) is 22.1 Å². The summed E-state index contributed by atoms with van der Waals surface area (Å²) in [6.45, 7) is 4.67. The van der Waals surface area contributed by atoms with E-state index < -0.39 is 0 Å². The number of aromatic nitrogens is 4. The highest BCUT2D eigenvalue weighted by atomic mass is 32.1. The number of nitrogens with zero attached hydrogens (tertiary/aromatic N) is 4. The summed E-state index contributed by atoms with van der Waals surface area (Å²) in [5.41, 5.74) is 9.57. The van der Waals surface area contributed by atoms with Gasteiger partial charge in [-0.3, -0.25) is 4.79 Å². The van der Waals surface area contributed by atoms with Gasteiger partial charge in [-0.25, -0.2) is 9.97 Å². The maximum atomic E-state index is 13.6. The van der Waals surface area contributed by atoms with Gasteiger partial charge in [0.1, 0.15) is 22.4 Å². The third-order valence-corrected chi connectivity index (χ3v) is 5.79. The number of aryl methyl sites for hydroxylation is 2. The topological polar surface area (TPSA) is 105 Å². The van der Waals surface area contributed by atoms with Gasteiger partial charge in [0.2, 0.25) is 0 Å². The van der Waals surface area contributed by atoms with Gasteiger partial charge in [0.25, 0.3) is 5.91 Å². The molecule has 0 atom stereocenters. The van der Waals surface area contributed by atoms with Crippen molar-refractivity contribution in [3.63, 3.8) is 0 Å². The third kappa shape index (κ3) is 2.56. The van der Waals surface area contributed by atoms with Crippen LogP contribution >= 0.6 is 12.2 Å². The molecule has 0 radical (unpaired) electrons. The second-order valence-electron chi connectivity index (χ2n) is 7.67. The fourth-order valence-electron chi connectivity index (χ4n) is 4.20. The lowest BCUT2D eigenvalue weighted by Gasteiger charge is -2.23. The Kier molecular flexibility index (Phi) is 3.84. The number of imidazole rings is 1. The largest absolute Gasteiger partial charge is 0.376 e. The van der Waals surface area contributed by atoms with Gasteiger partial charge < -0.3 is 25.5 Å². The summed E-state index contributed by atoms with van der Waals surface area (Å²) >= 11 is 5.00. The van der Waals surface area contributed by atoms with E-state index in [-0.39, 0.29) is 11.0 Å². The molecule has 0 saturated heterocycles. The van der Waals surface area contributed by atoms with Gasteiger partial charge in [-0.2, -0.15) is 0 Å². The first-order chi connectivity index (χ1) is 13.5. The molecule has 2 aliphatic carbocycles. The van der Waals surface area contributed by atoms with E-state index >= 15 is 0 Å². The third-order valence-electron chi connectivity index (χ3n) is 5.69. The monoisotopic (exact) mass is 397 g/mol. The lowest BCUT2D eigenvalue weighted by atomic mass is 10.1. The van der Waals surface area contributed by atoms with E-state index in [0.29, 0.717) is 24.4 Å². The number of carbonyl (C=O) groups excluding carboxylic acids is 1. The predicted octanol–water partition coefficient (Wildman–Crippen LogP) is 2.66. The number of anilines is 1. The van der Waals surface area contributed by atoms with Gasteiger partial charge in [-0.15, -0.1) is 0 Å². The SMILES string of the molecule is CCn1c(C(=O)N(C2CC2)C2CC2)c(C)c2c3nc[nH]c3c(NC(N)=S)nc21. The molecule has 0 unspecified atom stereocenters. The minimum Gasteiger partial charge on any atom is -0.376 e. The Labute approximate surface area is 167 Å². The van der Waals surface area contributed by atoms with Crippen LogP contribution in [0.2, 0.25) is 0 Å². The molecule has 8 nitrogen and oxygen atoms in total. The van der Waals surface area contributed by atoms with Gasteiger partial charge in [0.15, 0.2) is 10.9 Å². The van der Waals surface area contributed by atoms with E-state index in [1.54, 1.807) is 6.33 Å². The maximum absolute atomic E-state index is 13.6. The zero-order valence-electron chi connectivity index (χ0n) is 16.0. The summed E-state index contributed by atoms with van der Waals surface area (Å²) in [4.78, 5) is 28.1. The molecular weight excluding hydrogens is 374 g/mol. The number of hydrogen-bond donors (Lipinski definition) is 3. The van der Waals surface area contributed by atoms with Crippen molar-refractivity contribution in [3.05, 3.63) is 17.6 Å². The normalized spacial score (nSPS) is 16.6. The highest BCUT2D eigenvalue weighted by Gasteiger charge is 2.43. The number of H-pyrrole nitrogens is 1. The average Bonchev–Trinajstić information content (AvgIpc) is 3.58. The predicted molar refractivity (Wildman–Crippen MR) is 112 cm³/mol. The molecule has 0 spiro atoms. The van der Waals surface area contributed by atoms with Crippen molar-refractivity contribution in [2.24, 2.45) is 5.73 Å². The molecule has 0 bridgehead atoms. The average molecular weight is 398 g/mol. The van der Waals surface area contributed by atoms with Crippen molar-refractivity contribution in [3.8, 4) is 0 Å². The van der Waals surface area contributed by atoms with Crippen LogP contribution in [0.3, 0.4) is 0 Å². The van der Waals surface area contributed by atoms with E-state index in [1.807, 2.05) is 18.4 Å². The Balaban J connectivity index is 1.75. The molecule has 0 aromatic carbocycles. The second kappa shape index (κ2) is 6.16. The Bertz CT molecular complexity index is 1110. The van der Waals surface area contributed by atoms with Crippen molar-refractivity contribution in [1.29, 1.82) is 0 Å². The highest BCUT2D eigenvalue weighted by Crippen LogP contribution is 2.40. The van der Waals surface area contributed by atoms with Gasteiger partial charge in [0, 0.05) is 18.6 Å². The molecule has 28 heavy (non-hydrogen) atoms. The summed E-state index contributed by atoms with van der Waals surface area (Å²) in [5.74, 6) is 0.648. The number of rotatable bonds is 5. The van der Waals surface area contributed by atoms with E-state index in [2.05, 4.69) is 20.2 Å². The standard InChI is InChI=1S/C19H23N7OS/c1-3-25-15(18(27)26(10-4-5-10)11-6-7-11)9(2)12-13-14(22-8-21-13)16(23-17(12)25)24-19(20)28/h8,10-11H,3-7H2,1-2H3,(H,21,22)(H3,20,23,24,28). The van der Waals surface area contributed by atoms with Crippen LogP contribution in [-0.4, -0.2) is 47.5 Å². The molecule has 4 N–H and O–H groups in total. The molecule has 1 amide bonds. The number of amides is 1. The Morgan fingerprint density at radius 3 is 2.64 bits per heavy atom. The van der Waals surface area contributed by atoms with Crippen molar-refractivity contribution < 1.29 is 4.79 Å². The van der Waals surface area contributed by atoms with Crippen molar-refractivity contribution in [1.82, 2.24) is 24.4 Å². The first-order valence-corrected chi connectivity index (χ1v) is 10.2. The quantitative estimate of drug-likeness (QED) is 0.572. The van der Waals surface area contributed by atoms with Crippen LogP contribution < -0.4 is 11.1 Å². The molecule has 3 aromatic heterocycles. The fourth-order valence-corrected chi connectivity index (χ4v) is 4.30. The van der Waals surface area contributed by atoms with E-state index in [9.17, 15) is 4.79 Å². The molecule has 2 fully saturated rings. The van der Waals surface area contributed by atoms with Crippen LogP contribution in [0.5, 0.6) is 0 Å². The minimum absolute atomic E-state index is 0.120. The summed E-state index contributed by atoms with van der Waals surface area (Å²) in [7, 11) is 0. The Morgan fingerprint density at radius 2 is 2.07 bits per heavy atom. The molecule has 2 saturated carbocycles. The number of nitrogens with two attached hydrogens (primary N) is 1. The van der Waals surface area contributed by atoms with Crippen molar-refractivity contribution >= 4 is 51.1 Å². The first-order valence-electron chi connectivity index (χ1n) is 9.76. The van der Waals surface area contributed by atoms with Crippen LogP contribution in [0, 0.1) is 6.92 Å².